The van der Waals surface area contributed by atoms with Gasteiger partial charge in [-0.2, -0.15) is 5.10 Å². The number of nitrogens with one attached hydrogen (secondary N) is 1. The number of unbranched alkanes of at least 4 members (excludes halogenated alkanes) is 1. The van der Waals surface area contributed by atoms with Crippen LogP contribution in [0, 0.1) is 0 Å². The molecule has 0 spiro atoms. The Morgan fingerprint density at radius 2 is 2.00 bits per heavy atom. The summed E-state index contributed by atoms with van der Waals surface area (Å²) >= 11 is 0. The lowest BCUT2D eigenvalue weighted by atomic mass is 10.3. The third kappa shape index (κ3) is 5.84. The summed E-state index contributed by atoms with van der Waals surface area (Å²) in [6.07, 6.45) is 1.75. The Hall–Kier alpha value is -2.18. The number of hydrogen-bond acceptors (Lipinski definition) is 4. The fourth-order valence-electron chi connectivity index (χ4n) is 2.06. The Bertz CT molecular complexity index is 595. The maximum atomic E-state index is 12.5. The number of aromatic nitrogens is 2. The van der Waals surface area contributed by atoms with Gasteiger partial charge >= 0.3 is 0 Å². The van der Waals surface area contributed by atoms with Crippen LogP contribution in [-0.4, -0.2) is 45.6 Å². The van der Waals surface area contributed by atoms with E-state index in [-0.39, 0.29) is 35.7 Å². The molecule has 7 heteroatoms. The van der Waals surface area contributed by atoms with E-state index in [0.29, 0.717) is 13.1 Å². The SMILES string of the molecule is CCCCn1nc(C(=O)N(CC)CC(=O)NC(C)C)ccc1=O. The van der Waals surface area contributed by atoms with Crippen molar-refractivity contribution in [1.82, 2.24) is 20.0 Å². The number of hydrogen-bond donors (Lipinski definition) is 1. The molecule has 1 heterocycles. The number of aryl methyl sites for hydroxylation is 1. The third-order valence-electron chi connectivity index (χ3n) is 3.26. The van der Waals surface area contributed by atoms with Crippen LogP contribution in [-0.2, 0) is 11.3 Å². The van der Waals surface area contributed by atoms with E-state index >= 15 is 0 Å². The Balaban J connectivity index is 2.88. The molecule has 23 heavy (non-hydrogen) atoms. The van der Waals surface area contributed by atoms with Gasteiger partial charge in [0, 0.05) is 25.2 Å². The smallest absolute Gasteiger partial charge is 0.274 e. The second-order valence-electron chi connectivity index (χ2n) is 5.68. The second-order valence-corrected chi connectivity index (χ2v) is 5.68. The maximum Gasteiger partial charge on any atom is 0.274 e. The molecular formula is C16H26N4O3. The van der Waals surface area contributed by atoms with Crippen molar-refractivity contribution >= 4 is 11.8 Å². The van der Waals surface area contributed by atoms with Crippen LogP contribution in [0.25, 0.3) is 0 Å². The van der Waals surface area contributed by atoms with Gasteiger partial charge in [0.2, 0.25) is 5.91 Å². The Morgan fingerprint density at radius 1 is 1.30 bits per heavy atom. The zero-order valence-corrected chi connectivity index (χ0v) is 14.3. The van der Waals surface area contributed by atoms with Gasteiger partial charge in [0.15, 0.2) is 0 Å². The number of rotatable bonds is 8. The van der Waals surface area contributed by atoms with Gasteiger partial charge in [0.25, 0.3) is 11.5 Å². The molecule has 0 saturated carbocycles. The average Bonchev–Trinajstić information content (AvgIpc) is 2.50. The zero-order chi connectivity index (χ0) is 17.4. The molecule has 1 rings (SSSR count). The fourth-order valence-corrected chi connectivity index (χ4v) is 2.06. The van der Waals surface area contributed by atoms with Crippen LogP contribution in [0.1, 0.15) is 51.0 Å². The van der Waals surface area contributed by atoms with Gasteiger partial charge in [0.1, 0.15) is 5.69 Å². The molecule has 7 nitrogen and oxygen atoms in total. The monoisotopic (exact) mass is 322 g/mol. The average molecular weight is 322 g/mol. The Labute approximate surface area is 136 Å². The molecule has 0 aromatic carbocycles. The van der Waals surface area contributed by atoms with Crippen LogP contribution >= 0.6 is 0 Å². The molecule has 2 amide bonds. The van der Waals surface area contributed by atoms with Crippen molar-refractivity contribution in [1.29, 1.82) is 0 Å². The highest BCUT2D eigenvalue weighted by molar-refractivity contribution is 5.94. The Morgan fingerprint density at radius 3 is 2.57 bits per heavy atom. The first-order valence-corrected chi connectivity index (χ1v) is 8.05. The molecule has 0 aliphatic carbocycles. The minimum Gasteiger partial charge on any atom is -0.352 e. The van der Waals surface area contributed by atoms with E-state index in [1.165, 1.54) is 21.7 Å². The highest BCUT2D eigenvalue weighted by atomic mass is 16.2. The predicted molar refractivity (Wildman–Crippen MR) is 88.3 cm³/mol. The molecule has 0 saturated heterocycles. The van der Waals surface area contributed by atoms with Crippen molar-refractivity contribution < 1.29 is 9.59 Å². The third-order valence-corrected chi connectivity index (χ3v) is 3.26. The highest BCUT2D eigenvalue weighted by Crippen LogP contribution is 2.01. The summed E-state index contributed by atoms with van der Waals surface area (Å²) in [6, 6.07) is 2.78. The lowest BCUT2D eigenvalue weighted by molar-refractivity contribution is -0.122. The van der Waals surface area contributed by atoms with Crippen LogP contribution < -0.4 is 10.9 Å². The van der Waals surface area contributed by atoms with Gasteiger partial charge in [0.05, 0.1) is 6.54 Å². The Kier molecular flexibility index (Phi) is 7.44. The van der Waals surface area contributed by atoms with Crippen LogP contribution in [0.3, 0.4) is 0 Å². The summed E-state index contributed by atoms with van der Waals surface area (Å²) < 4.78 is 1.30. The molecule has 0 unspecified atom stereocenters. The fraction of sp³-hybridized carbons (Fsp3) is 0.625. The number of amides is 2. The largest absolute Gasteiger partial charge is 0.352 e. The van der Waals surface area contributed by atoms with E-state index in [0.717, 1.165) is 12.8 Å². The maximum absolute atomic E-state index is 12.5. The normalized spacial score (nSPS) is 10.7. The summed E-state index contributed by atoms with van der Waals surface area (Å²) in [7, 11) is 0. The molecule has 1 aromatic rings. The van der Waals surface area contributed by atoms with Crippen LogP contribution in [0.5, 0.6) is 0 Å². The molecule has 0 aliphatic heterocycles. The van der Waals surface area contributed by atoms with Gasteiger partial charge in [-0.1, -0.05) is 13.3 Å². The topological polar surface area (TPSA) is 84.3 Å². The minimum absolute atomic E-state index is 0.0189. The molecule has 1 N–H and O–H groups in total. The second kappa shape index (κ2) is 9.07. The zero-order valence-electron chi connectivity index (χ0n) is 14.3. The van der Waals surface area contributed by atoms with Gasteiger partial charge in [-0.25, -0.2) is 4.68 Å². The first-order chi connectivity index (χ1) is 10.9. The van der Waals surface area contributed by atoms with Crippen molar-refractivity contribution in [2.45, 2.75) is 53.1 Å². The van der Waals surface area contributed by atoms with Crippen molar-refractivity contribution in [3.05, 3.63) is 28.2 Å². The molecule has 1 aromatic heterocycles. The summed E-state index contributed by atoms with van der Waals surface area (Å²) in [5, 5.41) is 6.88. The first kappa shape index (κ1) is 18.9. The number of carbonyl (C=O) groups excluding carboxylic acids is 2. The highest BCUT2D eigenvalue weighted by Gasteiger charge is 2.19. The van der Waals surface area contributed by atoms with E-state index in [2.05, 4.69) is 10.4 Å². The molecular weight excluding hydrogens is 296 g/mol. The number of likely N-dealkylation sites (N-methyl/N-ethyl adjacent to an activating group) is 1. The van der Waals surface area contributed by atoms with Crippen LogP contribution in [0.2, 0.25) is 0 Å². The first-order valence-electron chi connectivity index (χ1n) is 8.05. The molecule has 0 atom stereocenters. The van der Waals surface area contributed by atoms with E-state index < -0.39 is 0 Å². The van der Waals surface area contributed by atoms with E-state index in [1.54, 1.807) is 6.92 Å². The summed E-state index contributed by atoms with van der Waals surface area (Å²) in [5.41, 5.74) is -0.0458. The van der Waals surface area contributed by atoms with Crippen LogP contribution in [0.4, 0.5) is 0 Å². The molecule has 0 radical (unpaired) electrons. The van der Waals surface area contributed by atoms with Gasteiger partial charge in [-0.05, 0) is 33.3 Å². The lowest BCUT2D eigenvalue weighted by Gasteiger charge is -2.21. The summed E-state index contributed by atoms with van der Waals surface area (Å²) in [6.45, 7) is 8.39. The van der Waals surface area contributed by atoms with Gasteiger partial charge in [-0.3, -0.25) is 14.4 Å². The molecule has 0 aliphatic rings. The molecule has 128 valence electrons. The summed E-state index contributed by atoms with van der Waals surface area (Å²) in [5.74, 6) is -0.564. The van der Waals surface area contributed by atoms with E-state index in [4.69, 9.17) is 0 Å². The van der Waals surface area contributed by atoms with Gasteiger partial charge < -0.3 is 10.2 Å². The van der Waals surface area contributed by atoms with Gasteiger partial charge in [-0.15, -0.1) is 0 Å². The quantitative estimate of drug-likeness (QED) is 0.775. The van der Waals surface area contributed by atoms with Crippen LogP contribution in [0.15, 0.2) is 16.9 Å². The van der Waals surface area contributed by atoms with Crippen molar-refractivity contribution in [2.24, 2.45) is 0 Å². The molecule has 0 fully saturated rings. The van der Waals surface area contributed by atoms with E-state index in [9.17, 15) is 14.4 Å². The molecule has 0 bridgehead atoms. The number of nitrogens with zero attached hydrogens (tertiary/aromatic N) is 3. The predicted octanol–water partition coefficient (Wildman–Crippen LogP) is 1.03. The standard InChI is InChI=1S/C16H26N4O3/c1-5-7-10-20-15(22)9-8-13(18-20)16(23)19(6-2)11-14(21)17-12(3)4/h8-9,12H,5-7,10-11H2,1-4H3,(H,17,21). The summed E-state index contributed by atoms with van der Waals surface area (Å²) in [4.78, 5) is 37.5. The number of carbonyl (C=O) groups is 2. The van der Waals surface area contributed by atoms with Crippen molar-refractivity contribution in [2.75, 3.05) is 13.1 Å². The van der Waals surface area contributed by atoms with Crippen molar-refractivity contribution in [3.8, 4) is 0 Å². The minimum atomic E-state index is -0.350. The van der Waals surface area contributed by atoms with E-state index in [1.807, 2.05) is 20.8 Å². The lowest BCUT2D eigenvalue weighted by Crippen LogP contribution is -2.43. The van der Waals surface area contributed by atoms with Crippen molar-refractivity contribution in [3.63, 3.8) is 0 Å².